The number of furan rings is 1. The number of ether oxygens (including phenoxy) is 1. The van der Waals surface area contributed by atoms with Crippen molar-refractivity contribution in [3.63, 3.8) is 0 Å². The van der Waals surface area contributed by atoms with Gasteiger partial charge < -0.3 is 9.15 Å². The molecule has 2 aliphatic rings. The zero-order valence-corrected chi connectivity index (χ0v) is 16.9. The molecule has 1 unspecified atom stereocenters. The van der Waals surface area contributed by atoms with Gasteiger partial charge in [-0.05, 0) is 29.4 Å². The number of allylic oxidation sites excluding steroid dienone is 1. The van der Waals surface area contributed by atoms with Crippen LogP contribution in [0.3, 0.4) is 0 Å². The van der Waals surface area contributed by atoms with E-state index < -0.39 is 0 Å². The highest BCUT2D eigenvalue weighted by atomic mass is 32.2. The molecule has 1 saturated carbocycles. The summed E-state index contributed by atoms with van der Waals surface area (Å²) < 4.78 is 11.2. The third-order valence-corrected chi connectivity index (χ3v) is 6.78. The summed E-state index contributed by atoms with van der Waals surface area (Å²) in [6.07, 6.45) is 6.25. The monoisotopic (exact) mass is 396 g/mol. The standard InChI is InChI=1S/C23H24O4S/c1-23(2)18(13-16-9-11-28-22(16)25)20(23)21(24)27-19(17-8-10-26-14-17)12-15-6-4-3-5-7-15/h3-8,10,13-14,18-20H,9,11-12H2,1-2H3/t18-,19?,20-/m0/s1. The Morgan fingerprint density at radius 2 is 2.11 bits per heavy atom. The average molecular weight is 397 g/mol. The second-order valence-corrected chi connectivity index (χ2v) is 9.14. The van der Waals surface area contributed by atoms with Gasteiger partial charge in [0, 0.05) is 23.3 Å². The summed E-state index contributed by atoms with van der Waals surface area (Å²) in [6, 6.07) is 11.8. The van der Waals surface area contributed by atoms with Crippen molar-refractivity contribution in [3.8, 4) is 0 Å². The van der Waals surface area contributed by atoms with Crippen LogP contribution in [-0.2, 0) is 20.7 Å². The fraction of sp³-hybridized carbons (Fsp3) is 0.391. The van der Waals surface area contributed by atoms with Crippen molar-refractivity contribution in [2.24, 2.45) is 17.3 Å². The molecule has 28 heavy (non-hydrogen) atoms. The Labute approximate surface area is 169 Å². The summed E-state index contributed by atoms with van der Waals surface area (Å²) in [6.45, 7) is 4.13. The molecule has 4 rings (SSSR count). The zero-order chi connectivity index (χ0) is 19.7. The largest absolute Gasteiger partial charge is 0.472 e. The Kier molecular flexibility index (Phi) is 5.19. The summed E-state index contributed by atoms with van der Waals surface area (Å²) in [7, 11) is 0. The number of thioether (sulfide) groups is 1. The highest BCUT2D eigenvalue weighted by Gasteiger charge is 2.62. The molecule has 2 heterocycles. The van der Waals surface area contributed by atoms with Gasteiger partial charge in [0.1, 0.15) is 6.10 Å². The van der Waals surface area contributed by atoms with Crippen LogP contribution in [0.5, 0.6) is 0 Å². The minimum absolute atomic E-state index is 0.0550. The van der Waals surface area contributed by atoms with E-state index in [9.17, 15) is 9.59 Å². The fourth-order valence-corrected chi connectivity index (χ4v) is 4.85. The van der Waals surface area contributed by atoms with Crippen molar-refractivity contribution in [1.82, 2.24) is 0 Å². The van der Waals surface area contributed by atoms with Crippen molar-refractivity contribution in [2.75, 3.05) is 5.75 Å². The number of rotatable bonds is 6. The molecule has 2 fully saturated rings. The summed E-state index contributed by atoms with van der Waals surface area (Å²) >= 11 is 1.36. The Morgan fingerprint density at radius 3 is 2.75 bits per heavy atom. The lowest BCUT2D eigenvalue weighted by molar-refractivity contribution is -0.152. The SMILES string of the molecule is CC1(C)[C@H](C(=O)OC(Cc2ccccc2)c2ccoc2)[C@@H]1C=C1CCSC1=O. The second-order valence-electron chi connectivity index (χ2n) is 8.07. The van der Waals surface area contributed by atoms with Crippen LogP contribution in [0.2, 0.25) is 0 Å². The Bertz CT molecular complexity index is 883. The maximum atomic E-state index is 13.0. The molecule has 0 bridgehead atoms. The fourth-order valence-electron chi connectivity index (χ4n) is 3.98. The lowest BCUT2D eigenvalue weighted by Gasteiger charge is -2.17. The zero-order valence-electron chi connectivity index (χ0n) is 16.1. The molecular formula is C23H24O4S. The molecule has 0 amide bonds. The Hall–Kier alpha value is -2.27. The third kappa shape index (κ3) is 3.81. The molecule has 1 aromatic heterocycles. The van der Waals surface area contributed by atoms with Gasteiger partial charge in [-0.15, -0.1) is 0 Å². The Morgan fingerprint density at radius 1 is 1.32 bits per heavy atom. The molecule has 1 saturated heterocycles. The maximum Gasteiger partial charge on any atom is 0.310 e. The van der Waals surface area contributed by atoms with Crippen LogP contribution in [-0.4, -0.2) is 16.8 Å². The molecule has 1 aromatic carbocycles. The van der Waals surface area contributed by atoms with Gasteiger partial charge in [-0.25, -0.2) is 0 Å². The van der Waals surface area contributed by atoms with Crippen LogP contribution in [0.4, 0.5) is 0 Å². The van der Waals surface area contributed by atoms with Crippen LogP contribution in [0.15, 0.2) is 65.0 Å². The Balaban J connectivity index is 1.49. The number of hydrogen-bond donors (Lipinski definition) is 0. The first-order chi connectivity index (χ1) is 13.5. The molecule has 1 aliphatic heterocycles. The van der Waals surface area contributed by atoms with Crippen LogP contribution in [0.25, 0.3) is 0 Å². The number of esters is 1. The molecule has 2 aromatic rings. The lowest BCUT2D eigenvalue weighted by Crippen LogP contribution is -2.17. The third-order valence-electron chi connectivity index (χ3n) is 5.85. The summed E-state index contributed by atoms with van der Waals surface area (Å²) in [5.41, 5.74) is 2.62. The molecule has 4 nitrogen and oxygen atoms in total. The van der Waals surface area contributed by atoms with Crippen LogP contribution in [0.1, 0.15) is 37.5 Å². The van der Waals surface area contributed by atoms with E-state index in [0.29, 0.717) is 6.42 Å². The van der Waals surface area contributed by atoms with Crippen molar-refractivity contribution in [3.05, 3.63) is 71.7 Å². The smallest absolute Gasteiger partial charge is 0.310 e. The predicted molar refractivity (Wildman–Crippen MR) is 109 cm³/mol. The van der Waals surface area contributed by atoms with Crippen molar-refractivity contribution >= 4 is 22.8 Å². The van der Waals surface area contributed by atoms with E-state index in [-0.39, 0.29) is 34.4 Å². The van der Waals surface area contributed by atoms with Crippen molar-refractivity contribution in [2.45, 2.75) is 32.8 Å². The van der Waals surface area contributed by atoms with Gasteiger partial charge in [-0.2, -0.15) is 0 Å². The minimum Gasteiger partial charge on any atom is -0.472 e. The van der Waals surface area contributed by atoms with Crippen LogP contribution < -0.4 is 0 Å². The number of benzene rings is 1. The quantitative estimate of drug-likeness (QED) is 0.510. The first-order valence-electron chi connectivity index (χ1n) is 9.61. The number of hydrogen-bond acceptors (Lipinski definition) is 5. The van der Waals surface area contributed by atoms with Gasteiger partial charge in [0.15, 0.2) is 0 Å². The molecule has 0 spiro atoms. The lowest BCUT2D eigenvalue weighted by atomic mass is 10.0. The van der Waals surface area contributed by atoms with Gasteiger partial charge >= 0.3 is 5.97 Å². The van der Waals surface area contributed by atoms with E-state index in [2.05, 4.69) is 13.8 Å². The highest BCUT2D eigenvalue weighted by molar-refractivity contribution is 8.14. The maximum absolute atomic E-state index is 13.0. The molecule has 146 valence electrons. The van der Waals surface area contributed by atoms with E-state index >= 15 is 0 Å². The van der Waals surface area contributed by atoms with E-state index in [1.54, 1.807) is 12.5 Å². The van der Waals surface area contributed by atoms with E-state index in [1.807, 2.05) is 42.5 Å². The first kappa shape index (κ1) is 19.1. The van der Waals surface area contributed by atoms with Gasteiger partial charge in [-0.1, -0.05) is 62.0 Å². The molecular weight excluding hydrogens is 372 g/mol. The molecule has 0 radical (unpaired) electrons. The molecule has 5 heteroatoms. The number of carbonyl (C=O) groups is 2. The number of carbonyl (C=O) groups excluding carboxylic acids is 2. The molecule has 0 N–H and O–H groups in total. The molecule has 3 atom stereocenters. The van der Waals surface area contributed by atoms with Gasteiger partial charge in [-0.3, -0.25) is 9.59 Å². The topological polar surface area (TPSA) is 56.5 Å². The average Bonchev–Trinajstić information content (AvgIpc) is 3.11. The van der Waals surface area contributed by atoms with E-state index in [1.165, 1.54) is 11.8 Å². The van der Waals surface area contributed by atoms with E-state index in [0.717, 1.165) is 28.9 Å². The molecule has 1 aliphatic carbocycles. The van der Waals surface area contributed by atoms with Crippen molar-refractivity contribution < 1.29 is 18.7 Å². The summed E-state index contributed by atoms with van der Waals surface area (Å²) in [5.74, 6) is 0.474. The van der Waals surface area contributed by atoms with Gasteiger partial charge in [0.05, 0.1) is 18.4 Å². The van der Waals surface area contributed by atoms with Crippen LogP contribution >= 0.6 is 11.8 Å². The minimum atomic E-state index is -0.387. The van der Waals surface area contributed by atoms with Gasteiger partial charge in [0.25, 0.3) is 0 Å². The second kappa shape index (κ2) is 7.63. The normalized spacial score (nSPS) is 25.6. The van der Waals surface area contributed by atoms with E-state index in [4.69, 9.17) is 9.15 Å². The van der Waals surface area contributed by atoms with Gasteiger partial charge in [0.2, 0.25) is 5.12 Å². The van der Waals surface area contributed by atoms with Crippen molar-refractivity contribution in [1.29, 1.82) is 0 Å². The summed E-state index contributed by atoms with van der Waals surface area (Å²) in [5, 5.41) is 0.148. The predicted octanol–water partition coefficient (Wildman–Crippen LogP) is 4.97. The van der Waals surface area contributed by atoms with Crippen LogP contribution in [0, 0.1) is 17.3 Å². The first-order valence-corrected chi connectivity index (χ1v) is 10.6. The summed E-state index contributed by atoms with van der Waals surface area (Å²) in [4.78, 5) is 24.9. The highest BCUT2D eigenvalue weighted by Crippen LogP contribution is 2.60.